The highest BCUT2D eigenvalue weighted by Gasteiger charge is 2.18. The quantitative estimate of drug-likeness (QED) is 0.145. The van der Waals surface area contributed by atoms with E-state index in [1.807, 2.05) is 60.7 Å². The van der Waals surface area contributed by atoms with Gasteiger partial charge in [-0.3, -0.25) is 9.68 Å². The lowest BCUT2D eigenvalue weighted by Crippen LogP contribution is -2.44. The third-order valence-corrected chi connectivity index (χ3v) is 7.29. The molecule has 2 heterocycles. The minimum Gasteiger partial charge on any atom is -0.748 e. The van der Waals surface area contributed by atoms with Gasteiger partial charge in [-0.1, -0.05) is 24.3 Å². The molecule has 0 fully saturated rings. The third-order valence-electron chi connectivity index (χ3n) is 5.72. The summed E-state index contributed by atoms with van der Waals surface area (Å²) in [7, 11) is -8.57. The van der Waals surface area contributed by atoms with Crippen LogP contribution in [0.25, 0.3) is 21.8 Å². The van der Waals surface area contributed by atoms with Gasteiger partial charge < -0.3 is 9.11 Å². The zero-order valence-electron chi connectivity index (χ0n) is 19.9. The molecule has 4 aromatic rings. The molecule has 0 saturated carbocycles. The molecular weight excluding hydrogens is 520 g/mol. The Balaban J connectivity index is 1.56. The van der Waals surface area contributed by atoms with Crippen molar-refractivity contribution in [2.75, 3.05) is 24.7 Å². The zero-order chi connectivity index (χ0) is 26.5. The average molecular weight is 547 g/mol. The summed E-state index contributed by atoms with van der Waals surface area (Å²) >= 11 is 0. The van der Waals surface area contributed by atoms with Crippen LogP contribution < -0.4 is 19.1 Å². The van der Waals surface area contributed by atoms with Crippen molar-refractivity contribution in [3.05, 3.63) is 84.2 Å². The highest BCUT2D eigenvalue weighted by molar-refractivity contribution is 7.85. The van der Waals surface area contributed by atoms with Crippen LogP contribution in [0, 0.1) is 0 Å². The number of hydrogen-bond donors (Lipinski definition) is 0. The van der Waals surface area contributed by atoms with Gasteiger partial charge in [-0.05, 0) is 29.7 Å². The summed E-state index contributed by atoms with van der Waals surface area (Å²) < 4.78 is 68.1. The lowest BCUT2D eigenvalue weighted by Gasteiger charge is -2.09. The minimum absolute atomic E-state index is 0.0829. The second-order valence-corrected chi connectivity index (χ2v) is 11.5. The molecule has 0 radical (unpaired) electrons. The number of para-hydroxylation sites is 2. The van der Waals surface area contributed by atoms with Gasteiger partial charge in [-0.25, -0.2) is 16.8 Å². The molecule has 196 valence electrons. The van der Waals surface area contributed by atoms with Crippen LogP contribution in [0.15, 0.2) is 73.1 Å². The number of pyridine rings is 2. The largest absolute Gasteiger partial charge is 0.748 e. The molecule has 37 heavy (non-hydrogen) atoms. The fraction of sp³-hybridized carbons (Fsp3) is 0.280. The summed E-state index contributed by atoms with van der Waals surface area (Å²) in [5.41, 5.74) is 3.69. The molecule has 0 aliphatic rings. The molecule has 0 amide bonds. The normalized spacial score (nSPS) is 12.2. The van der Waals surface area contributed by atoms with E-state index in [0.717, 1.165) is 32.9 Å². The van der Waals surface area contributed by atoms with Gasteiger partial charge in [0.15, 0.2) is 13.2 Å². The monoisotopic (exact) mass is 546 g/mol. The molecule has 2 aromatic carbocycles. The second kappa shape index (κ2) is 11.4. The van der Waals surface area contributed by atoms with Crippen LogP contribution in [0.5, 0.6) is 0 Å². The number of hydrogen-bond acceptors (Lipinski definition) is 8. The summed E-state index contributed by atoms with van der Waals surface area (Å²) in [6.45, 7) is 0.166. The van der Waals surface area contributed by atoms with Gasteiger partial charge in [-0.2, -0.15) is 0 Å². The maximum Gasteiger partial charge on any atom is 0.264 e. The van der Waals surface area contributed by atoms with E-state index in [1.54, 1.807) is 21.9 Å². The molecule has 2 aromatic heterocycles. The predicted octanol–water partition coefficient (Wildman–Crippen LogP) is 0.887. The summed E-state index contributed by atoms with van der Waals surface area (Å²) in [6.07, 6.45) is 4.33. The lowest BCUT2D eigenvalue weighted by molar-refractivity contribution is -0.871. The van der Waals surface area contributed by atoms with E-state index in [9.17, 15) is 25.9 Å². The van der Waals surface area contributed by atoms with Crippen LogP contribution >= 0.6 is 0 Å². The van der Waals surface area contributed by atoms with Crippen molar-refractivity contribution in [2.45, 2.75) is 19.3 Å². The SMILES string of the molecule is O=S(=O)([O-])CCCO[n+]1ccc(Cc2cc[n+](OCCCS(=O)(=O)[O-])c3ccccc23)c2ccccc21. The molecule has 0 saturated heterocycles. The van der Waals surface area contributed by atoms with Crippen LogP contribution in [0.1, 0.15) is 24.0 Å². The van der Waals surface area contributed by atoms with Crippen molar-refractivity contribution in [1.29, 1.82) is 0 Å². The van der Waals surface area contributed by atoms with Crippen LogP contribution in [0.2, 0.25) is 0 Å². The standard InChI is InChI=1S/C25H26N2O8S2/c28-36(29,30)17-5-15-34-26-13-11-20(22-7-1-3-9-24(22)26)19-21-12-14-27(25-10-4-2-8-23(21)25)35-16-6-18-37(31,32)33/h1-4,7-14H,5-6,15-19H2. The highest BCUT2D eigenvalue weighted by atomic mass is 32.2. The summed E-state index contributed by atoms with van der Waals surface area (Å²) in [5.74, 6) is -0.960. The second-order valence-electron chi connectivity index (χ2n) is 8.44. The maximum atomic E-state index is 10.8. The third kappa shape index (κ3) is 7.35. The molecule has 0 aliphatic heterocycles. The summed E-state index contributed by atoms with van der Waals surface area (Å²) in [4.78, 5) is 11.4. The topological polar surface area (TPSA) is 141 Å². The first-order valence-electron chi connectivity index (χ1n) is 11.6. The fourth-order valence-corrected chi connectivity index (χ4v) is 5.01. The van der Waals surface area contributed by atoms with Gasteiger partial charge in [0.25, 0.3) is 11.0 Å². The Bertz CT molecular complexity index is 1500. The van der Waals surface area contributed by atoms with Crippen molar-refractivity contribution < 1.29 is 45.1 Å². The highest BCUT2D eigenvalue weighted by Crippen LogP contribution is 2.22. The molecule has 10 nitrogen and oxygen atoms in total. The van der Waals surface area contributed by atoms with Crippen molar-refractivity contribution in [1.82, 2.24) is 0 Å². The Morgan fingerprint density at radius 3 is 1.43 bits per heavy atom. The van der Waals surface area contributed by atoms with Gasteiger partial charge in [0, 0.05) is 58.1 Å². The van der Waals surface area contributed by atoms with Crippen LogP contribution in [-0.4, -0.2) is 50.7 Å². The molecule has 0 atom stereocenters. The Morgan fingerprint density at radius 1 is 0.622 bits per heavy atom. The van der Waals surface area contributed by atoms with E-state index >= 15 is 0 Å². The molecule has 0 N–H and O–H groups in total. The molecular formula is C25H26N2O8S2. The van der Waals surface area contributed by atoms with E-state index in [2.05, 4.69) is 0 Å². The minimum atomic E-state index is -4.28. The first-order chi connectivity index (χ1) is 17.6. The van der Waals surface area contributed by atoms with E-state index < -0.39 is 31.7 Å². The Hall–Kier alpha value is -3.32. The van der Waals surface area contributed by atoms with Crippen LogP contribution in [-0.2, 0) is 26.7 Å². The van der Waals surface area contributed by atoms with Crippen molar-refractivity contribution >= 4 is 42.0 Å². The fourth-order valence-electron chi connectivity index (χ4n) is 4.07. The van der Waals surface area contributed by atoms with Gasteiger partial charge in [0.05, 0.1) is 31.0 Å². The zero-order valence-corrected chi connectivity index (χ0v) is 21.5. The van der Waals surface area contributed by atoms with E-state index in [-0.39, 0.29) is 26.1 Å². The van der Waals surface area contributed by atoms with Gasteiger partial charge in [-0.15, -0.1) is 0 Å². The van der Waals surface area contributed by atoms with E-state index in [1.165, 1.54) is 0 Å². The van der Waals surface area contributed by atoms with Crippen LogP contribution in [0.3, 0.4) is 0 Å². The molecule has 0 unspecified atom stereocenters. The van der Waals surface area contributed by atoms with E-state index in [0.29, 0.717) is 6.42 Å². The number of nitrogens with zero attached hydrogens (tertiary/aromatic N) is 2. The molecule has 0 spiro atoms. The molecule has 0 aliphatic carbocycles. The Labute approximate surface area is 215 Å². The number of benzene rings is 2. The molecule has 4 rings (SSSR count). The van der Waals surface area contributed by atoms with Crippen molar-refractivity contribution in [2.24, 2.45) is 0 Å². The maximum absolute atomic E-state index is 10.8. The predicted molar refractivity (Wildman–Crippen MR) is 132 cm³/mol. The summed E-state index contributed by atoms with van der Waals surface area (Å²) in [6, 6.07) is 19.2. The van der Waals surface area contributed by atoms with Crippen molar-refractivity contribution in [3.8, 4) is 0 Å². The van der Waals surface area contributed by atoms with E-state index in [4.69, 9.17) is 9.68 Å². The van der Waals surface area contributed by atoms with Gasteiger partial charge in [0.2, 0.25) is 12.4 Å². The van der Waals surface area contributed by atoms with Gasteiger partial charge >= 0.3 is 0 Å². The smallest absolute Gasteiger partial charge is 0.264 e. The first kappa shape index (κ1) is 26.7. The Morgan fingerprint density at radius 2 is 1.03 bits per heavy atom. The lowest BCUT2D eigenvalue weighted by atomic mass is 9.99. The molecule has 12 heteroatoms. The van der Waals surface area contributed by atoms with Crippen LogP contribution in [0.4, 0.5) is 0 Å². The number of fused-ring (bicyclic) bond motifs is 2. The number of aromatic nitrogens is 2. The molecule has 0 bridgehead atoms. The van der Waals surface area contributed by atoms with Crippen molar-refractivity contribution in [3.63, 3.8) is 0 Å². The Kier molecular flexibility index (Phi) is 8.22. The average Bonchev–Trinajstić information content (AvgIpc) is 2.85. The number of rotatable bonds is 12. The summed E-state index contributed by atoms with van der Waals surface area (Å²) in [5, 5.41) is 1.91. The van der Waals surface area contributed by atoms with Gasteiger partial charge in [0.1, 0.15) is 0 Å². The first-order valence-corrected chi connectivity index (χ1v) is 14.7.